The van der Waals surface area contributed by atoms with Crippen LogP contribution in [0, 0.1) is 0 Å². The topological polar surface area (TPSA) is 118 Å². The Kier molecular flexibility index (Phi) is 5.44. The van der Waals surface area contributed by atoms with Crippen LogP contribution < -0.4 is 16.4 Å². The maximum atomic E-state index is 6.97. The molecule has 0 aliphatic carbocycles. The van der Waals surface area contributed by atoms with Gasteiger partial charge in [-0.25, -0.2) is 9.67 Å². The number of H-pyrrole nitrogens is 1. The second kappa shape index (κ2) is 8.40. The number of rotatable bonds is 5. The van der Waals surface area contributed by atoms with E-state index in [1.165, 1.54) is 0 Å². The molecule has 1 saturated heterocycles. The lowest BCUT2D eigenvalue weighted by Gasteiger charge is -2.38. The van der Waals surface area contributed by atoms with E-state index in [9.17, 15) is 0 Å². The fourth-order valence-corrected chi connectivity index (χ4v) is 4.30. The molecule has 3 aromatic rings. The summed E-state index contributed by atoms with van der Waals surface area (Å²) in [6.07, 6.45) is 7.89. The van der Waals surface area contributed by atoms with Crippen molar-refractivity contribution in [3.05, 3.63) is 54.1 Å². The number of aromatic nitrogens is 4. The molecule has 9 nitrogen and oxygen atoms in total. The van der Waals surface area contributed by atoms with E-state index in [1.54, 1.807) is 6.33 Å². The summed E-state index contributed by atoms with van der Waals surface area (Å²) in [6.45, 7) is 5.81. The summed E-state index contributed by atoms with van der Waals surface area (Å²) in [4.78, 5) is 12.2. The highest BCUT2D eigenvalue weighted by molar-refractivity contribution is 5.84. The normalized spacial score (nSPS) is 21.2. The van der Waals surface area contributed by atoms with Crippen LogP contribution in [0.1, 0.15) is 43.7 Å². The molecule has 2 aromatic heterocycles. The first kappa shape index (κ1) is 20.7. The number of ether oxygens (including phenoxy) is 1. The van der Waals surface area contributed by atoms with Gasteiger partial charge in [-0.2, -0.15) is 10.1 Å². The molecule has 5 N–H and O–H groups in total. The number of imidazole rings is 1. The van der Waals surface area contributed by atoms with Crippen molar-refractivity contribution in [2.75, 3.05) is 13.2 Å². The first-order valence-electron chi connectivity index (χ1n) is 11.2. The Labute approximate surface area is 187 Å². The minimum Gasteiger partial charge on any atom is -0.381 e. The van der Waals surface area contributed by atoms with Crippen molar-refractivity contribution >= 4 is 11.8 Å². The van der Waals surface area contributed by atoms with Gasteiger partial charge in [0.1, 0.15) is 0 Å². The standard InChI is InChI=1S/C23H30N8O/c1-15(2)19-12-27-31-21(19)29-22(28-18-7-9-32-10-8-18)30-23(31,24)11-16-3-5-17(6-4-16)20-13-25-14-26-20/h3-6,12-15,18H,7-11,24H2,1-2H3,(H,25,26)(H2,28,29,30). The Hall–Kier alpha value is -3.17. The summed E-state index contributed by atoms with van der Waals surface area (Å²) in [5.41, 5.74) is 11.1. The lowest BCUT2D eigenvalue weighted by molar-refractivity contribution is 0.0817. The van der Waals surface area contributed by atoms with E-state index in [0.29, 0.717) is 24.3 Å². The molecule has 1 fully saturated rings. The second-order valence-corrected chi connectivity index (χ2v) is 8.86. The summed E-state index contributed by atoms with van der Waals surface area (Å²) in [5, 5.41) is 11.6. The van der Waals surface area contributed by atoms with Crippen LogP contribution in [0.5, 0.6) is 0 Å². The van der Waals surface area contributed by atoms with E-state index in [-0.39, 0.29) is 0 Å². The van der Waals surface area contributed by atoms with Crippen molar-refractivity contribution in [2.45, 2.75) is 50.9 Å². The number of aromatic amines is 1. The molecule has 0 spiro atoms. The molecule has 2 aliphatic rings. The molecule has 0 saturated carbocycles. The molecular formula is C23H30N8O. The van der Waals surface area contributed by atoms with Crippen molar-refractivity contribution in [1.82, 2.24) is 30.4 Å². The lowest BCUT2D eigenvalue weighted by Crippen LogP contribution is -2.64. The molecule has 1 atom stereocenters. The molecule has 0 radical (unpaired) electrons. The van der Waals surface area contributed by atoms with E-state index in [1.807, 2.05) is 17.1 Å². The smallest absolute Gasteiger partial charge is 0.201 e. The number of guanidine groups is 1. The van der Waals surface area contributed by atoms with Gasteiger partial charge in [0, 0.05) is 43.0 Å². The molecule has 4 heterocycles. The molecule has 2 aliphatic heterocycles. The molecule has 5 rings (SSSR count). The Balaban J connectivity index is 1.43. The summed E-state index contributed by atoms with van der Waals surface area (Å²) >= 11 is 0. The Morgan fingerprint density at radius 3 is 2.72 bits per heavy atom. The van der Waals surface area contributed by atoms with Crippen LogP contribution in [0.15, 0.2) is 48.0 Å². The zero-order valence-corrected chi connectivity index (χ0v) is 18.5. The molecule has 1 aromatic carbocycles. The SMILES string of the molecule is CC(C)c1cnn2c1N=C(NC1CCOCC1)NC2(N)Cc1ccc(-c2c[nH]cn2)cc1. The predicted molar refractivity (Wildman–Crippen MR) is 123 cm³/mol. The van der Waals surface area contributed by atoms with E-state index in [2.05, 4.69) is 63.8 Å². The van der Waals surface area contributed by atoms with Crippen molar-refractivity contribution in [3.63, 3.8) is 0 Å². The van der Waals surface area contributed by atoms with Gasteiger partial charge in [0.05, 0.1) is 18.2 Å². The van der Waals surface area contributed by atoms with E-state index >= 15 is 0 Å². The molecule has 1 unspecified atom stereocenters. The first-order valence-corrected chi connectivity index (χ1v) is 11.2. The highest BCUT2D eigenvalue weighted by atomic mass is 16.5. The van der Waals surface area contributed by atoms with Gasteiger partial charge in [0.2, 0.25) is 5.96 Å². The van der Waals surface area contributed by atoms with Crippen LogP contribution >= 0.6 is 0 Å². The summed E-state index contributed by atoms with van der Waals surface area (Å²) in [7, 11) is 0. The van der Waals surface area contributed by atoms with Crippen LogP contribution in [0.25, 0.3) is 11.3 Å². The fraction of sp³-hybridized carbons (Fsp3) is 0.435. The quantitative estimate of drug-likeness (QED) is 0.490. The van der Waals surface area contributed by atoms with E-state index < -0.39 is 5.79 Å². The first-order chi connectivity index (χ1) is 15.5. The molecule has 0 bridgehead atoms. The van der Waals surface area contributed by atoms with Crippen molar-refractivity contribution in [2.24, 2.45) is 10.7 Å². The molecule has 0 amide bonds. The number of nitrogens with two attached hydrogens (primary N) is 1. The van der Waals surface area contributed by atoms with Crippen LogP contribution in [-0.4, -0.2) is 45.0 Å². The number of fused-ring (bicyclic) bond motifs is 1. The zero-order valence-electron chi connectivity index (χ0n) is 18.5. The number of hydrogen-bond acceptors (Lipinski definition) is 7. The maximum Gasteiger partial charge on any atom is 0.201 e. The van der Waals surface area contributed by atoms with Crippen molar-refractivity contribution in [3.8, 4) is 11.3 Å². The minimum absolute atomic E-state index is 0.294. The third-order valence-electron chi connectivity index (χ3n) is 6.11. The maximum absolute atomic E-state index is 6.97. The van der Waals surface area contributed by atoms with Crippen molar-refractivity contribution < 1.29 is 4.74 Å². The van der Waals surface area contributed by atoms with E-state index in [0.717, 1.165) is 54.3 Å². The number of nitrogens with zero attached hydrogens (tertiary/aromatic N) is 4. The summed E-state index contributed by atoms with van der Waals surface area (Å²) < 4.78 is 7.31. The third kappa shape index (κ3) is 4.01. The van der Waals surface area contributed by atoms with Crippen LogP contribution in [0.4, 0.5) is 5.82 Å². The monoisotopic (exact) mass is 434 g/mol. The molecule has 32 heavy (non-hydrogen) atoms. The second-order valence-electron chi connectivity index (χ2n) is 8.86. The molecule has 168 valence electrons. The highest BCUT2D eigenvalue weighted by Crippen LogP contribution is 2.33. The third-order valence-corrected chi connectivity index (χ3v) is 6.11. The number of hydrogen-bond donors (Lipinski definition) is 4. The van der Waals surface area contributed by atoms with Gasteiger partial charge in [-0.05, 0) is 24.3 Å². The largest absolute Gasteiger partial charge is 0.381 e. The number of benzene rings is 1. The van der Waals surface area contributed by atoms with Crippen LogP contribution in [-0.2, 0) is 16.9 Å². The van der Waals surface area contributed by atoms with E-state index in [4.69, 9.17) is 15.5 Å². The fourth-order valence-electron chi connectivity index (χ4n) is 4.30. The molecule has 9 heteroatoms. The van der Waals surface area contributed by atoms with Gasteiger partial charge < -0.3 is 20.4 Å². The Bertz CT molecular complexity index is 1080. The van der Waals surface area contributed by atoms with Gasteiger partial charge in [-0.1, -0.05) is 38.1 Å². The number of nitrogens with one attached hydrogen (secondary N) is 3. The van der Waals surface area contributed by atoms with Gasteiger partial charge in [-0.15, -0.1) is 0 Å². The summed E-state index contributed by atoms with van der Waals surface area (Å²) in [6, 6.07) is 8.62. The molecular weight excluding hydrogens is 404 g/mol. The van der Waals surface area contributed by atoms with Gasteiger partial charge in [0.15, 0.2) is 11.6 Å². The van der Waals surface area contributed by atoms with Gasteiger partial charge >= 0.3 is 0 Å². The number of aliphatic imine (C=N–C) groups is 1. The summed E-state index contributed by atoms with van der Waals surface area (Å²) in [5.74, 6) is 0.861. The lowest BCUT2D eigenvalue weighted by atomic mass is 10.0. The Morgan fingerprint density at radius 2 is 2.03 bits per heavy atom. The predicted octanol–water partition coefficient (Wildman–Crippen LogP) is 2.57. The average molecular weight is 435 g/mol. The van der Waals surface area contributed by atoms with Crippen LogP contribution in [0.2, 0.25) is 0 Å². The Morgan fingerprint density at radius 1 is 1.25 bits per heavy atom. The van der Waals surface area contributed by atoms with Gasteiger partial charge in [-0.3, -0.25) is 5.73 Å². The average Bonchev–Trinajstić information content (AvgIpc) is 3.45. The highest BCUT2D eigenvalue weighted by Gasteiger charge is 2.37. The minimum atomic E-state index is -0.939. The van der Waals surface area contributed by atoms with Crippen molar-refractivity contribution in [1.29, 1.82) is 0 Å². The zero-order chi connectivity index (χ0) is 22.1. The van der Waals surface area contributed by atoms with Crippen LogP contribution in [0.3, 0.4) is 0 Å². The van der Waals surface area contributed by atoms with Gasteiger partial charge in [0.25, 0.3) is 0 Å².